The molecule has 0 amide bonds. The Morgan fingerprint density at radius 2 is 1.42 bits per heavy atom. The predicted molar refractivity (Wildman–Crippen MR) is 96.9 cm³/mol. The van der Waals surface area contributed by atoms with Crippen molar-refractivity contribution in [3.05, 3.63) is 41.0 Å². The van der Waals surface area contributed by atoms with Crippen LogP contribution in [0, 0.1) is 20.8 Å². The average Bonchev–Trinajstić information content (AvgIpc) is 2.37. The Labute approximate surface area is 143 Å². The number of nitrogens with one attached hydrogen (secondary N) is 2. The van der Waals surface area contributed by atoms with Crippen LogP contribution < -0.4 is 10.0 Å². The first-order valence-corrected chi connectivity index (χ1v) is 9.19. The molecule has 24 heavy (non-hydrogen) atoms. The lowest BCUT2D eigenvalue weighted by molar-refractivity contribution is 0.599. The van der Waals surface area contributed by atoms with Crippen LogP contribution in [-0.2, 0) is 10.0 Å². The van der Waals surface area contributed by atoms with Crippen molar-refractivity contribution in [1.82, 2.24) is 10.2 Å². The maximum atomic E-state index is 12.7. The molecule has 1 heterocycles. The molecule has 0 saturated heterocycles. The van der Waals surface area contributed by atoms with Crippen LogP contribution in [0.25, 0.3) is 0 Å². The highest BCUT2D eigenvalue weighted by Crippen LogP contribution is 2.24. The quantitative estimate of drug-likeness (QED) is 0.884. The van der Waals surface area contributed by atoms with Crippen molar-refractivity contribution in [3.63, 3.8) is 0 Å². The van der Waals surface area contributed by atoms with Crippen LogP contribution in [-0.4, -0.2) is 24.2 Å². The van der Waals surface area contributed by atoms with E-state index < -0.39 is 10.0 Å². The summed E-state index contributed by atoms with van der Waals surface area (Å²) in [6.45, 7) is 11.5. The lowest BCUT2D eigenvalue weighted by Crippen LogP contribution is -2.27. The second-order valence-electron chi connectivity index (χ2n) is 7.01. The topological polar surface area (TPSA) is 84.0 Å². The van der Waals surface area contributed by atoms with E-state index in [9.17, 15) is 8.42 Å². The SMILES string of the molecule is Cc1cc(C)c(S(=O)(=O)Nc2ccc(NC(C)(C)C)nn2)c(C)c1. The van der Waals surface area contributed by atoms with Crippen LogP contribution in [0.4, 0.5) is 11.6 Å². The molecule has 130 valence electrons. The lowest BCUT2D eigenvalue weighted by atomic mass is 10.1. The molecular formula is C17H24N4O2S. The molecule has 7 heteroatoms. The summed E-state index contributed by atoms with van der Waals surface area (Å²) in [5, 5.41) is 11.1. The maximum absolute atomic E-state index is 12.7. The summed E-state index contributed by atoms with van der Waals surface area (Å²) in [7, 11) is -3.71. The highest BCUT2D eigenvalue weighted by atomic mass is 32.2. The molecule has 2 aromatic rings. The zero-order valence-corrected chi connectivity index (χ0v) is 15.7. The van der Waals surface area contributed by atoms with Gasteiger partial charge in [0.1, 0.15) is 5.82 Å². The molecule has 0 saturated carbocycles. The Balaban J connectivity index is 2.27. The van der Waals surface area contributed by atoms with Crippen LogP contribution in [0.3, 0.4) is 0 Å². The summed E-state index contributed by atoms with van der Waals surface area (Å²) in [5.41, 5.74) is 2.30. The van der Waals surface area contributed by atoms with Gasteiger partial charge in [-0.3, -0.25) is 4.72 Å². The molecule has 0 bridgehead atoms. The molecule has 0 unspecified atom stereocenters. The number of aromatic nitrogens is 2. The van der Waals surface area contributed by atoms with Crippen LogP contribution in [0.2, 0.25) is 0 Å². The van der Waals surface area contributed by atoms with Crippen LogP contribution in [0.15, 0.2) is 29.2 Å². The van der Waals surface area contributed by atoms with Gasteiger partial charge in [0.25, 0.3) is 10.0 Å². The van der Waals surface area contributed by atoms with Crippen molar-refractivity contribution in [2.45, 2.75) is 52.0 Å². The van der Waals surface area contributed by atoms with Gasteiger partial charge in [-0.05, 0) is 64.8 Å². The van der Waals surface area contributed by atoms with Crippen molar-refractivity contribution in [2.24, 2.45) is 0 Å². The molecule has 2 rings (SSSR count). The van der Waals surface area contributed by atoms with E-state index in [0.29, 0.717) is 16.9 Å². The van der Waals surface area contributed by atoms with E-state index in [4.69, 9.17) is 0 Å². The van der Waals surface area contributed by atoms with E-state index in [-0.39, 0.29) is 16.3 Å². The minimum absolute atomic E-state index is 0.147. The van der Waals surface area contributed by atoms with E-state index in [1.165, 1.54) is 0 Å². The van der Waals surface area contributed by atoms with Gasteiger partial charge in [-0.2, -0.15) is 0 Å². The molecule has 0 aliphatic heterocycles. The highest BCUT2D eigenvalue weighted by Gasteiger charge is 2.21. The second-order valence-corrected chi connectivity index (χ2v) is 8.63. The standard InChI is InChI=1S/C17H24N4O2S/c1-11-9-12(2)16(13(3)10-11)24(22,23)21-15-8-7-14(19-20-15)18-17(4,5)6/h7-10H,1-6H3,(H,18,19)(H,20,21). The molecule has 1 aromatic heterocycles. The smallest absolute Gasteiger partial charge is 0.263 e. The molecule has 0 fully saturated rings. The summed E-state index contributed by atoms with van der Waals surface area (Å²) >= 11 is 0. The average molecular weight is 348 g/mol. The van der Waals surface area contributed by atoms with Gasteiger partial charge in [0.05, 0.1) is 4.90 Å². The van der Waals surface area contributed by atoms with E-state index in [0.717, 1.165) is 5.56 Å². The normalized spacial score (nSPS) is 12.1. The number of nitrogens with zero attached hydrogens (tertiary/aromatic N) is 2. The van der Waals surface area contributed by atoms with E-state index in [2.05, 4.69) is 20.2 Å². The van der Waals surface area contributed by atoms with Crippen molar-refractivity contribution in [2.75, 3.05) is 10.0 Å². The minimum Gasteiger partial charge on any atom is -0.364 e. The maximum Gasteiger partial charge on any atom is 0.263 e. The molecule has 0 aliphatic carbocycles. The summed E-state index contributed by atoms with van der Waals surface area (Å²) in [6.07, 6.45) is 0. The molecule has 1 aromatic carbocycles. The van der Waals surface area contributed by atoms with Gasteiger partial charge in [-0.1, -0.05) is 17.7 Å². The lowest BCUT2D eigenvalue weighted by Gasteiger charge is -2.20. The Hall–Kier alpha value is -2.15. The van der Waals surface area contributed by atoms with Crippen molar-refractivity contribution in [3.8, 4) is 0 Å². The van der Waals surface area contributed by atoms with Gasteiger partial charge >= 0.3 is 0 Å². The number of anilines is 2. The third-order valence-electron chi connectivity index (χ3n) is 3.28. The fraction of sp³-hybridized carbons (Fsp3) is 0.412. The number of aryl methyl sites for hydroxylation is 3. The fourth-order valence-electron chi connectivity index (χ4n) is 2.62. The number of benzene rings is 1. The predicted octanol–water partition coefficient (Wildman–Crippen LogP) is 3.41. The fourth-order valence-corrected chi connectivity index (χ4v) is 4.07. The Kier molecular flexibility index (Phi) is 4.85. The van der Waals surface area contributed by atoms with Crippen molar-refractivity contribution < 1.29 is 8.42 Å². The van der Waals surface area contributed by atoms with Crippen LogP contribution in [0.1, 0.15) is 37.5 Å². The van der Waals surface area contributed by atoms with E-state index in [1.54, 1.807) is 26.0 Å². The number of sulfonamides is 1. The highest BCUT2D eigenvalue weighted by molar-refractivity contribution is 7.92. The number of hydrogen-bond acceptors (Lipinski definition) is 5. The Morgan fingerprint density at radius 3 is 1.88 bits per heavy atom. The third-order valence-corrected chi connectivity index (χ3v) is 4.94. The van der Waals surface area contributed by atoms with Gasteiger partial charge < -0.3 is 5.32 Å². The molecule has 0 aliphatic rings. The van der Waals surface area contributed by atoms with Gasteiger partial charge in [0.15, 0.2) is 5.82 Å². The molecule has 6 nitrogen and oxygen atoms in total. The number of rotatable bonds is 4. The van der Waals surface area contributed by atoms with Gasteiger partial charge in [0, 0.05) is 5.54 Å². The monoisotopic (exact) mass is 348 g/mol. The summed E-state index contributed by atoms with van der Waals surface area (Å²) in [6, 6.07) is 7.00. The molecule has 0 spiro atoms. The zero-order valence-electron chi connectivity index (χ0n) is 14.9. The summed E-state index contributed by atoms with van der Waals surface area (Å²) < 4.78 is 27.8. The van der Waals surface area contributed by atoms with Gasteiger partial charge in [0.2, 0.25) is 0 Å². The largest absolute Gasteiger partial charge is 0.364 e. The Morgan fingerprint density at radius 1 is 0.917 bits per heavy atom. The first-order valence-electron chi connectivity index (χ1n) is 7.70. The molecular weight excluding hydrogens is 324 g/mol. The van der Waals surface area contributed by atoms with Gasteiger partial charge in [-0.15, -0.1) is 10.2 Å². The first kappa shape index (κ1) is 18.2. The van der Waals surface area contributed by atoms with Crippen molar-refractivity contribution >= 4 is 21.7 Å². The first-order chi connectivity index (χ1) is 11.0. The molecule has 0 atom stereocenters. The second kappa shape index (κ2) is 6.39. The number of hydrogen-bond donors (Lipinski definition) is 2. The van der Waals surface area contributed by atoms with Gasteiger partial charge in [-0.25, -0.2) is 8.42 Å². The Bertz CT molecular complexity index is 815. The zero-order chi connectivity index (χ0) is 18.1. The van der Waals surface area contributed by atoms with Crippen LogP contribution in [0.5, 0.6) is 0 Å². The third kappa shape index (κ3) is 4.44. The molecule has 2 N–H and O–H groups in total. The molecule has 0 radical (unpaired) electrons. The van der Waals surface area contributed by atoms with E-state index >= 15 is 0 Å². The summed E-state index contributed by atoms with van der Waals surface area (Å²) in [5.74, 6) is 0.780. The van der Waals surface area contributed by atoms with E-state index in [1.807, 2.05) is 39.8 Å². The minimum atomic E-state index is -3.71. The summed E-state index contributed by atoms with van der Waals surface area (Å²) in [4.78, 5) is 0.284. The van der Waals surface area contributed by atoms with Crippen molar-refractivity contribution in [1.29, 1.82) is 0 Å². The van der Waals surface area contributed by atoms with Crippen LogP contribution >= 0.6 is 0 Å².